The maximum Gasteiger partial charge on any atom is 0.195 e. The summed E-state index contributed by atoms with van der Waals surface area (Å²) in [5, 5.41) is 0. The van der Waals surface area contributed by atoms with Gasteiger partial charge in [0.25, 0.3) is 0 Å². The molecular weight excluding hydrogens is 238 g/mol. The van der Waals surface area contributed by atoms with Crippen molar-refractivity contribution in [2.24, 2.45) is 0 Å². The maximum absolute atomic E-state index is 12.5. The van der Waals surface area contributed by atoms with E-state index < -0.39 is 0 Å². The molecule has 0 bridgehead atoms. The van der Waals surface area contributed by atoms with Gasteiger partial charge in [0.2, 0.25) is 0 Å². The van der Waals surface area contributed by atoms with E-state index in [2.05, 4.69) is 0 Å². The van der Waals surface area contributed by atoms with Crippen LogP contribution in [0.15, 0.2) is 36.4 Å². The molecule has 98 valence electrons. The minimum atomic E-state index is -0.0838. The normalized spacial score (nSPS) is 10.3. The van der Waals surface area contributed by atoms with Crippen molar-refractivity contribution in [3.05, 3.63) is 58.7 Å². The van der Waals surface area contributed by atoms with Gasteiger partial charge in [0, 0.05) is 16.8 Å². The van der Waals surface area contributed by atoms with E-state index in [1.807, 2.05) is 32.0 Å². The minimum Gasteiger partial charge on any atom is -0.497 e. The molecule has 0 aliphatic carbocycles. The molecule has 0 spiro atoms. The van der Waals surface area contributed by atoms with Gasteiger partial charge in [-0.05, 0) is 49.2 Å². The Bertz CT molecular complexity index is 633. The van der Waals surface area contributed by atoms with Crippen LogP contribution < -0.4 is 10.5 Å². The summed E-state index contributed by atoms with van der Waals surface area (Å²) in [6.07, 6.45) is 0. The first-order chi connectivity index (χ1) is 9.02. The average Bonchev–Trinajstić information content (AvgIpc) is 2.41. The minimum absolute atomic E-state index is 0.0838. The number of anilines is 1. The molecule has 0 saturated carbocycles. The molecule has 0 aliphatic rings. The molecule has 0 atom stereocenters. The zero-order valence-corrected chi connectivity index (χ0v) is 11.4. The number of nitrogens with two attached hydrogens (primary N) is 1. The molecule has 0 aliphatic heterocycles. The summed E-state index contributed by atoms with van der Waals surface area (Å²) < 4.78 is 5.13. The first-order valence-electron chi connectivity index (χ1n) is 6.08. The Morgan fingerprint density at radius 1 is 1.05 bits per heavy atom. The SMILES string of the molecule is COc1ccc(N)c(C(=O)c2ccc(C)c(C)c2)c1. The number of ketones is 1. The van der Waals surface area contributed by atoms with Gasteiger partial charge in [0.1, 0.15) is 5.75 Å². The first-order valence-corrected chi connectivity index (χ1v) is 6.08. The van der Waals surface area contributed by atoms with Gasteiger partial charge in [-0.3, -0.25) is 4.79 Å². The lowest BCUT2D eigenvalue weighted by Crippen LogP contribution is -2.06. The van der Waals surface area contributed by atoms with Crippen molar-refractivity contribution in [3.63, 3.8) is 0 Å². The molecule has 2 aromatic rings. The topological polar surface area (TPSA) is 52.3 Å². The van der Waals surface area contributed by atoms with Crippen molar-refractivity contribution in [1.82, 2.24) is 0 Å². The van der Waals surface area contributed by atoms with Gasteiger partial charge in [-0.25, -0.2) is 0 Å². The summed E-state index contributed by atoms with van der Waals surface area (Å²) in [7, 11) is 1.57. The van der Waals surface area contributed by atoms with E-state index in [9.17, 15) is 4.79 Å². The van der Waals surface area contributed by atoms with Crippen molar-refractivity contribution in [2.45, 2.75) is 13.8 Å². The Morgan fingerprint density at radius 3 is 2.42 bits per heavy atom. The second-order valence-corrected chi connectivity index (χ2v) is 4.58. The molecular formula is C16H17NO2. The highest BCUT2D eigenvalue weighted by Crippen LogP contribution is 2.23. The van der Waals surface area contributed by atoms with Crippen molar-refractivity contribution < 1.29 is 9.53 Å². The monoisotopic (exact) mass is 255 g/mol. The van der Waals surface area contributed by atoms with Crippen LogP contribution in [-0.2, 0) is 0 Å². The molecule has 3 nitrogen and oxygen atoms in total. The third-order valence-corrected chi connectivity index (χ3v) is 3.27. The predicted octanol–water partition coefficient (Wildman–Crippen LogP) is 3.13. The lowest BCUT2D eigenvalue weighted by molar-refractivity contribution is 0.103. The zero-order valence-electron chi connectivity index (χ0n) is 11.4. The number of rotatable bonds is 3. The Morgan fingerprint density at radius 2 is 1.79 bits per heavy atom. The first kappa shape index (κ1) is 13.1. The van der Waals surface area contributed by atoms with Crippen molar-refractivity contribution in [2.75, 3.05) is 12.8 Å². The van der Waals surface area contributed by atoms with Gasteiger partial charge >= 0.3 is 0 Å². The lowest BCUT2D eigenvalue weighted by Gasteiger charge is -2.09. The number of carbonyl (C=O) groups excluding carboxylic acids is 1. The summed E-state index contributed by atoms with van der Waals surface area (Å²) in [4.78, 5) is 12.5. The molecule has 2 aromatic carbocycles. The molecule has 0 radical (unpaired) electrons. The molecule has 0 fully saturated rings. The summed E-state index contributed by atoms with van der Waals surface area (Å²) in [6.45, 7) is 4.00. The van der Waals surface area contributed by atoms with Crippen LogP contribution in [0.4, 0.5) is 5.69 Å². The van der Waals surface area contributed by atoms with Gasteiger partial charge in [-0.15, -0.1) is 0 Å². The number of hydrogen-bond donors (Lipinski definition) is 1. The fraction of sp³-hybridized carbons (Fsp3) is 0.188. The van der Waals surface area contributed by atoms with E-state index in [0.29, 0.717) is 22.6 Å². The summed E-state index contributed by atoms with van der Waals surface area (Å²) >= 11 is 0. The number of hydrogen-bond acceptors (Lipinski definition) is 3. The molecule has 0 amide bonds. The molecule has 3 heteroatoms. The van der Waals surface area contributed by atoms with Gasteiger partial charge in [0.15, 0.2) is 5.78 Å². The average molecular weight is 255 g/mol. The predicted molar refractivity (Wildman–Crippen MR) is 76.8 cm³/mol. The van der Waals surface area contributed by atoms with E-state index in [1.54, 1.807) is 25.3 Å². The molecule has 0 unspecified atom stereocenters. The fourth-order valence-corrected chi connectivity index (χ4v) is 1.90. The standard InChI is InChI=1S/C16H17NO2/c1-10-4-5-12(8-11(10)2)16(18)14-9-13(19-3)6-7-15(14)17/h4-9H,17H2,1-3H3. The van der Waals surface area contributed by atoms with Crippen LogP contribution in [0.5, 0.6) is 5.75 Å². The summed E-state index contributed by atoms with van der Waals surface area (Å²) in [5.74, 6) is 0.542. The fourth-order valence-electron chi connectivity index (χ4n) is 1.90. The third-order valence-electron chi connectivity index (χ3n) is 3.27. The smallest absolute Gasteiger partial charge is 0.195 e. The number of aryl methyl sites for hydroxylation is 2. The maximum atomic E-state index is 12.5. The summed E-state index contributed by atoms with van der Waals surface area (Å²) in [5.41, 5.74) is 9.70. The lowest BCUT2D eigenvalue weighted by atomic mass is 9.98. The quantitative estimate of drug-likeness (QED) is 0.677. The van der Waals surface area contributed by atoms with Crippen LogP contribution in [0.1, 0.15) is 27.0 Å². The van der Waals surface area contributed by atoms with Gasteiger partial charge in [-0.1, -0.05) is 12.1 Å². The number of nitrogen functional groups attached to an aromatic ring is 1. The van der Waals surface area contributed by atoms with Gasteiger partial charge in [-0.2, -0.15) is 0 Å². The van der Waals surface area contributed by atoms with Gasteiger partial charge in [0.05, 0.1) is 7.11 Å². The molecule has 2 rings (SSSR count). The van der Waals surface area contributed by atoms with Crippen molar-refractivity contribution in [1.29, 1.82) is 0 Å². The van der Waals surface area contributed by atoms with Crippen molar-refractivity contribution >= 4 is 11.5 Å². The highest BCUT2D eigenvalue weighted by atomic mass is 16.5. The van der Waals surface area contributed by atoms with E-state index in [0.717, 1.165) is 11.1 Å². The van der Waals surface area contributed by atoms with Crippen LogP contribution in [0.3, 0.4) is 0 Å². The highest BCUT2D eigenvalue weighted by Gasteiger charge is 2.14. The molecule has 0 heterocycles. The van der Waals surface area contributed by atoms with Crippen LogP contribution in [0.25, 0.3) is 0 Å². The van der Waals surface area contributed by atoms with Crippen LogP contribution in [0.2, 0.25) is 0 Å². The number of methoxy groups -OCH3 is 1. The second kappa shape index (κ2) is 5.14. The Labute approximate surface area is 113 Å². The largest absolute Gasteiger partial charge is 0.497 e. The third kappa shape index (κ3) is 2.60. The molecule has 0 saturated heterocycles. The van der Waals surface area contributed by atoms with E-state index in [-0.39, 0.29) is 5.78 Å². The second-order valence-electron chi connectivity index (χ2n) is 4.58. The Hall–Kier alpha value is -2.29. The number of benzene rings is 2. The zero-order chi connectivity index (χ0) is 14.0. The van der Waals surface area contributed by atoms with E-state index in [4.69, 9.17) is 10.5 Å². The van der Waals surface area contributed by atoms with E-state index >= 15 is 0 Å². The molecule has 19 heavy (non-hydrogen) atoms. The van der Waals surface area contributed by atoms with Gasteiger partial charge < -0.3 is 10.5 Å². The highest BCUT2D eigenvalue weighted by molar-refractivity contribution is 6.12. The van der Waals surface area contributed by atoms with Crippen LogP contribution in [0, 0.1) is 13.8 Å². The summed E-state index contributed by atoms with van der Waals surface area (Å²) in [6, 6.07) is 10.8. The molecule has 2 N–H and O–H groups in total. The Kier molecular flexibility index (Phi) is 3.56. The molecule has 0 aromatic heterocycles. The van der Waals surface area contributed by atoms with Crippen LogP contribution in [-0.4, -0.2) is 12.9 Å². The van der Waals surface area contributed by atoms with Crippen LogP contribution >= 0.6 is 0 Å². The van der Waals surface area contributed by atoms with E-state index in [1.165, 1.54) is 0 Å². The van der Waals surface area contributed by atoms with Crippen molar-refractivity contribution in [3.8, 4) is 5.75 Å². The number of carbonyl (C=O) groups is 1. The Balaban J connectivity index is 2.46. The number of ether oxygens (including phenoxy) is 1.